The second-order valence-electron chi connectivity index (χ2n) is 10.8. The van der Waals surface area contributed by atoms with Crippen LogP contribution in [0.4, 0.5) is 5.69 Å². The molecule has 1 aromatic heterocycles. The Bertz CT molecular complexity index is 1750. The van der Waals surface area contributed by atoms with Crippen LogP contribution >= 0.6 is 0 Å². The highest BCUT2D eigenvalue weighted by Gasteiger charge is 2.23. The van der Waals surface area contributed by atoms with Gasteiger partial charge in [0.2, 0.25) is 0 Å². The summed E-state index contributed by atoms with van der Waals surface area (Å²) in [6, 6.07) is 32.7. The Hall–Kier alpha value is -5.83. The fourth-order valence-electron chi connectivity index (χ4n) is 5.11. The Labute approximate surface area is 274 Å². The van der Waals surface area contributed by atoms with E-state index in [-0.39, 0.29) is 11.7 Å². The zero-order valence-corrected chi connectivity index (χ0v) is 26.1. The van der Waals surface area contributed by atoms with Gasteiger partial charge >= 0.3 is 5.97 Å². The summed E-state index contributed by atoms with van der Waals surface area (Å²) < 4.78 is 11.1. The molecule has 4 aromatic carbocycles. The molecule has 47 heavy (non-hydrogen) atoms. The molecule has 0 spiro atoms. The maximum atomic E-state index is 13.2. The number of anilines is 1. The first-order valence-electron chi connectivity index (χ1n) is 15.4. The largest absolute Gasteiger partial charge is 0.494 e. The molecule has 238 valence electrons. The molecule has 1 heterocycles. The smallest absolute Gasteiger partial charge is 0.328 e. The Kier molecular flexibility index (Phi) is 11.4. The van der Waals surface area contributed by atoms with Gasteiger partial charge in [0.1, 0.15) is 17.5 Å². The molecule has 5 rings (SSSR count). The minimum absolute atomic E-state index is 0.139. The van der Waals surface area contributed by atoms with E-state index in [0.717, 1.165) is 11.1 Å². The third-order valence-corrected chi connectivity index (χ3v) is 7.51. The van der Waals surface area contributed by atoms with Gasteiger partial charge < -0.3 is 19.7 Å². The fraction of sp³-hybridized carbons (Fsp3) is 0.184. The zero-order valence-electron chi connectivity index (χ0n) is 26.1. The topological polar surface area (TPSA) is 111 Å². The number of nitrogens with one attached hydrogen (secondary N) is 1. The van der Waals surface area contributed by atoms with Crippen LogP contribution in [0, 0.1) is 0 Å². The summed E-state index contributed by atoms with van der Waals surface area (Å²) in [5.41, 5.74) is 3.79. The van der Waals surface area contributed by atoms with Crippen molar-refractivity contribution in [2.45, 2.75) is 25.4 Å². The number of ketones is 1. The zero-order chi connectivity index (χ0) is 32.8. The summed E-state index contributed by atoms with van der Waals surface area (Å²) in [5, 5.41) is 3.24. The molecule has 9 heteroatoms. The number of hydrogen-bond donors (Lipinski definition) is 1. The van der Waals surface area contributed by atoms with Gasteiger partial charge in [0.05, 0.1) is 19.9 Å². The Morgan fingerprint density at radius 1 is 0.809 bits per heavy atom. The minimum Gasteiger partial charge on any atom is -0.494 e. The average Bonchev–Trinajstić information content (AvgIpc) is 3.13. The summed E-state index contributed by atoms with van der Waals surface area (Å²) in [5.74, 6) is -0.0967. The molecule has 0 fully saturated rings. The van der Waals surface area contributed by atoms with Gasteiger partial charge in [-0.3, -0.25) is 14.6 Å². The highest BCUT2D eigenvalue weighted by molar-refractivity contribution is 6.12. The SMILES string of the molecule is COC(=O)[C@H](Cc1ccc(OCCCN(Cc2ccccc2)C(=O)c2cnccn2)cc1)Nc1ccccc1C(=O)c1ccccc1. The summed E-state index contributed by atoms with van der Waals surface area (Å²) in [6.45, 7) is 1.32. The first-order valence-corrected chi connectivity index (χ1v) is 15.4. The van der Waals surface area contributed by atoms with Gasteiger partial charge in [0.15, 0.2) is 5.78 Å². The van der Waals surface area contributed by atoms with E-state index >= 15 is 0 Å². The van der Waals surface area contributed by atoms with Crippen molar-refractivity contribution in [3.8, 4) is 5.75 Å². The van der Waals surface area contributed by atoms with Crippen molar-refractivity contribution in [1.82, 2.24) is 14.9 Å². The van der Waals surface area contributed by atoms with Gasteiger partial charge in [-0.05, 0) is 41.8 Å². The molecule has 0 radical (unpaired) electrons. The van der Waals surface area contributed by atoms with Crippen molar-refractivity contribution >= 4 is 23.3 Å². The van der Waals surface area contributed by atoms with Gasteiger partial charge in [0.25, 0.3) is 5.91 Å². The molecule has 1 N–H and O–H groups in total. The first kappa shape index (κ1) is 32.6. The Morgan fingerprint density at radius 3 is 2.21 bits per heavy atom. The third kappa shape index (κ3) is 9.11. The van der Waals surface area contributed by atoms with Crippen LogP contribution in [0.15, 0.2) is 128 Å². The fourth-order valence-corrected chi connectivity index (χ4v) is 5.11. The van der Waals surface area contributed by atoms with Crippen molar-refractivity contribution in [2.75, 3.05) is 25.6 Å². The number of hydrogen-bond acceptors (Lipinski definition) is 8. The Morgan fingerprint density at radius 2 is 1.51 bits per heavy atom. The second kappa shape index (κ2) is 16.5. The van der Waals surface area contributed by atoms with E-state index < -0.39 is 12.0 Å². The van der Waals surface area contributed by atoms with Crippen LogP contribution in [0.25, 0.3) is 0 Å². The lowest BCUT2D eigenvalue weighted by molar-refractivity contribution is -0.141. The van der Waals surface area contributed by atoms with Crippen LogP contribution in [0.2, 0.25) is 0 Å². The molecule has 0 bridgehead atoms. The quantitative estimate of drug-likeness (QED) is 0.0852. The molecule has 1 amide bonds. The minimum atomic E-state index is -0.723. The summed E-state index contributed by atoms with van der Waals surface area (Å²) in [7, 11) is 1.34. The number of carbonyl (C=O) groups is 3. The van der Waals surface area contributed by atoms with Crippen LogP contribution in [0.3, 0.4) is 0 Å². The van der Waals surface area contributed by atoms with Gasteiger partial charge in [-0.1, -0.05) is 84.9 Å². The van der Waals surface area contributed by atoms with Crippen molar-refractivity contribution in [3.63, 3.8) is 0 Å². The van der Waals surface area contributed by atoms with E-state index in [1.165, 1.54) is 25.7 Å². The van der Waals surface area contributed by atoms with Gasteiger partial charge in [0, 0.05) is 48.7 Å². The summed E-state index contributed by atoms with van der Waals surface area (Å²) in [6.07, 6.45) is 5.46. The molecule has 0 unspecified atom stereocenters. The van der Waals surface area contributed by atoms with Crippen molar-refractivity contribution in [1.29, 1.82) is 0 Å². The predicted molar refractivity (Wildman–Crippen MR) is 179 cm³/mol. The number of rotatable bonds is 15. The molecular formula is C38H36N4O5. The normalized spacial score (nSPS) is 11.3. The van der Waals surface area contributed by atoms with Gasteiger partial charge in [-0.25, -0.2) is 9.78 Å². The molecule has 5 aromatic rings. The molecule has 1 atom stereocenters. The molecule has 0 saturated carbocycles. The van der Waals surface area contributed by atoms with E-state index in [4.69, 9.17) is 9.47 Å². The third-order valence-electron chi connectivity index (χ3n) is 7.51. The molecule has 0 saturated heterocycles. The first-order chi connectivity index (χ1) is 23.0. The van der Waals surface area contributed by atoms with E-state index in [1.807, 2.05) is 78.9 Å². The number of para-hydroxylation sites is 1. The van der Waals surface area contributed by atoms with E-state index in [9.17, 15) is 14.4 Å². The summed E-state index contributed by atoms with van der Waals surface area (Å²) >= 11 is 0. The standard InChI is InChI=1S/C38H36N4O5/c1-46-38(45)34(41-33-16-9-8-15-32(33)36(43)30-13-6-3-7-14-30)25-28-17-19-31(20-18-28)47-24-10-23-42(27-29-11-4-2-5-12-29)37(44)35-26-39-21-22-40-35/h2-9,11-22,26,34,41H,10,23-25,27H2,1H3/t34-/m0/s1. The van der Waals surface area contributed by atoms with Crippen LogP contribution in [0.1, 0.15) is 44.0 Å². The molecule has 0 aliphatic carbocycles. The van der Waals surface area contributed by atoms with E-state index in [0.29, 0.717) is 60.8 Å². The lowest BCUT2D eigenvalue weighted by atomic mass is 10.00. The van der Waals surface area contributed by atoms with Crippen LogP contribution < -0.4 is 10.1 Å². The summed E-state index contributed by atoms with van der Waals surface area (Å²) in [4.78, 5) is 49.1. The number of amides is 1. The Balaban J connectivity index is 1.18. The highest BCUT2D eigenvalue weighted by atomic mass is 16.5. The van der Waals surface area contributed by atoms with Crippen LogP contribution in [0.5, 0.6) is 5.75 Å². The lowest BCUT2D eigenvalue weighted by Gasteiger charge is -2.22. The molecule has 0 aliphatic rings. The molecule has 9 nitrogen and oxygen atoms in total. The number of benzene rings is 4. The number of methoxy groups -OCH3 is 1. The number of aromatic nitrogens is 2. The second-order valence-corrected chi connectivity index (χ2v) is 10.8. The number of esters is 1. The average molecular weight is 629 g/mol. The van der Waals surface area contributed by atoms with Crippen molar-refractivity contribution in [3.05, 3.63) is 156 Å². The van der Waals surface area contributed by atoms with Gasteiger partial charge in [-0.2, -0.15) is 0 Å². The van der Waals surface area contributed by atoms with E-state index in [1.54, 1.807) is 35.2 Å². The number of ether oxygens (including phenoxy) is 2. The predicted octanol–water partition coefficient (Wildman–Crippen LogP) is 6.02. The highest BCUT2D eigenvalue weighted by Crippen LogP contribution is 2.22. The van der Waals surface area contributed by atoms with Gasteiger partial charge in [-0.15, -0.1) is 0 Å². The van der Waals surface area contributed by atoms with Crippen molar-refractivity contribution in [2.24, 2.45) is 0 Å². The number of carbonyl (C=O) groups excluding carboxylic acids is 3. The maximum Gasteiger partial charge on any atom is 0.328 e. The molecular weight excluding hydrogens is 592 g/mol. The van der Waals surface area contributed by atoms with E-state index in [2.05, 4.69) is 15.3 Å². The van der Waals surface area contributed by atoms with Crippen LogP contribution in [-0.2, 0) is 22.5 Å². The number of nitrogens with zero attached hydrogens (tertiary/aromatic N) is 3. The van der Waals surface area contributed by atoms with Crippen LogP contribution in [-0.4, -0.2) is 58.8 Å². The molecule has 0 aliphatic heterocycles. The van der Waals surface area contributed by atoms with Crippen molar-refractivity contribution < 1.29 is 23.9 Å². The maximum absolute atomic E-state index is 13.2. The lowest BCUT2D eigenvalue weighted by Crippen LogP contribution is -2.33. The monoisotopic (exact) mass is 628 g/mol.